The molecular weight excluding hydrogens is 314 g/mol. The Kier molecular flexibility index (Phi) is 4.04. The minimum atomic E-state index is -0.103. The maximum absolute atomic E-state index is 12.7. The van der Waals surface area contributed by atoms with Gasteiger partial charge in [0.1, 0.15) is 4.83 Å². The van der Waals surface area contributed by atoms with E-state index in [0.717, 1.165) is 22.4 Å². The van der Waals surface area contributed by atoms with E-state index in [0.29, 0.717) is 5.39 Å². The number of nitrogens with two attached hydrogens (primary N) is 1. The minimum absolute atomic E-state index is 0.103. The number of nitrogens with zero attached hydrogens (tertiary/aromatic N) is 2. The summed E-state index contributed by atoms with van der Waals surface area (Å²) in [7, 11) is 0. The van der Waals surface area contributed by atoms with Crippen LogP contribution in [0.5, 0.6) is 0 Å². The van der Waals surface area contributed by atoms with Crippen LogP contribution in [0.3, 0.4) is 0 Å². The van der Waals surface area contributed by atoms with Crippen LogP contribution in [-0.2, 0) is 13.0 Å². The van der Waals surface area contributed by atoms with Gasteiger partial charge in [-0.15, -0.1) is 11.3 Å². The van der Waals surface area contributed by atoms with E-state index in [2.05, 4.69) is 24.0 Å². The Morgan fingerprint density at radius 1 is 1.36 bits per heavy atom. The maximum atomic E-state index is 12.7. The lowest BCUT2D eigenvalue weighted by Crippen LogP contribution is -2.27. The van der Waals surface area contributed by atoms with Gasteiger partial charge < -0.3 is 5.73 Å². The molecule has 0 spiro atoms. The minimum Gasteiger partial charge on any atom is -0.392 e. The molecule has 0 fully saturated rings. The number of thiocarbonyl (C=S) groups is 1. The molecule has 112 valence electrons. The first-order valence-corrected chi connectivity index (χ1v) is 8.23. The Morgan fingerprint density at radius 3 is 2.73 bits per heavy atom. The summed E-state index contributed by atoms with van der Waals surface area (Å²) in [4.78, 5) is 18.0. The second-order valence-electron chi connectivity index (χ2n) is 5.02. The van der Waals surface area contributed by atoms with E-state index in [-0.39, 0.29) is 17.1 Å². The fraction of sp³-hybridized carbons (Fsp3) is 0.188. The highest BCUT2D eigenvalue weighted by Crippen LogP contribution is 2.30. The van der Waals surface area contributed by atoms with Crippen molar-refractivity contribution in [2.24, 2.45) is 5.73 Å². The van der Waals surface area contributed by atoms with E-state index < -0.39 is 0 Å². The Bertz CT molecular complexity index is 894. The van der Waals surface area contributed by atoms with Crippen LogP contribution in [0, 0.1) is 0 Å². The molecule has 1 aromatic carbocycles. The first kappa shape index (κ1) is 14.9. The zero-order chi connectivity index (χ0) is 15.7. The van der Waals surface area contributed by atoms with Crippen molar-refractivity contribution >= 4 is 38.8 Å². The van der Waals surface area contributed by atoms with E-state index in [1.54, 1.807) is 0 Å². The van der Waals surface area contributed by atoms with Crippen molar-refractivity contribution in [1.82, 2.24) is 9.55 Å². The van der Waals surface area contributed by atoms with Crippen molar-refractivity contribution in [3.05, 3.63) is 51.9 Å². The fourth-order valence-electron chi connectivity index (χ4n) is 2.38. The zero-order valence-corrected chi connectivity index (χ0v) is 13.7. The molecule has 2 heterocycles. The molecule has 6 heteroatoms. The van der Waals surface area contributed by atoms with Crippen molar-refractivity contribution in [1.29, 1.82) is 0 Å². The quantitative estimate of drug-likeness (QED) is 0.748. The van der Waals surface area contributed by atoms with Gasteiger partial charge in [0.2, 0.25) is 0 Å². The summed E-state index contributed by atoms with van der Waals surface area (Å²) in [5.41, 5.74) is 8.65. The molecule has 3 rings (SSSR count). The molecule has 4 nitrogen and oxygen atoms in total. The lowest BCUT2D eigenvalue weighted by molar-refractivity contribution is 0.796. The van der Waals surface area contributed by atoms with Crippen LogP contribution in [0.4, 0.5) is 0 Å². The van der Waals surface area contributed by atoms with E-state index in [4.69, 9.17) is 18.0 Å². The predicted octanol–water partition coefficient (Wildman–Crippen LogP) is 2.97. The predicted molar refractivity (Wildman–Crippen MR) is 95.5 cm³/mol. The second-order valence-corrected chi connectivity index (χ2v) is 6.41. The molecule has 0 aliphatic carbocycles. The summed E-state index contributed by atoms with van der Waals surface area (Å²) in [5, 5.41) is 2.61. The number of aromatic nitrogens is 2. The van der Waals surface area contributed by atoms with Gasteiger partial charge in [0.15, 0.2) is 0 Å². The largest absolute Gasteiger partial charge is 0.392 e. The van der Waals surface area contributed by atoms with Crippen LogP contribution in [0.15, 0.2) is 40.8 Å². The van der Waals surface area contributed by atoms with E-state index in [9.17, 15) is 4.79 Å². The van der Waals surface area contributed by atoms with E-state index in [1.165, 1.54) is 27.8 Å². The molecule has 3 aromatic rings. The second kappa shape index (κ2) is 5.98. The zero-order valence-electron chi connectivity index (χ0n) is 12.1. The fourth-order valence-corrected chi connectivity index (χ4v) is 3.43. The number of benzene rings is 1. The molecule has 0 amide bonds. The third kappa shape index (κ3) is 2.67. The van der Waals surface area contributed by atoms with E-state index >= 15 is 0 Å². The molecule has 0 atom stereocenters. The Balaban J connectivity index is 2.17. The van der Waals surface area contributed by atoms with Crippen molar-refractivity contribution in [3.8, 4) is 11.1 Å². The molecule has 0 unspecified atom stereocenters. The molecule has 0 aliphatic rings. The first-order valence-electron chi connectivity index (χ1n) is 6.94. The van der Waals surface area contributed by atoms with Gasteiger partial charge in [-0.3, -0.25) is 9.36 Å². The molecule has 0 bridgehead atoms. The van der Waals surface area contributed by atoms with Gasteiger partial charge in [-0.25, -0.2) is 4.98 Å². The van der Waals surface area contributed by atoms with Gasteiger partial charge in [-0.05, 0) is 17.5 Å². The molecule has 0 saturated heterocycles. The maximum Gasteiger partial charge on any atom is 0.263 e. The van der Waals surface area contributed by atoms with Crippen molar-refractivity contribution < 1.29 is 0 Å². The molecular formula is C16H15N3OS2. The SMILES string of the molecule is CCc1ccc(-c2csc3ncn(CC(N)=S)c(=O)c23)cc1. The van der Waals surface area contributed by atoms with Crippen molar-refractivity contribution in [2.45, 2.75) is 19.9 Å². The van der Waals surface area contributed by atoms with Crippen LogP contribution < -0.4 is 11.3 Å². The highest BCUT2D eigenvalue weighted by atomic mass is 32.1. The topological polar surface area (TPSA) is 60.9 Å². The molecule has 0 radical (unpaired) electrons. The molecule has 2 aromatic heterocycles. The van der Waals surface area contributed by atoms with Crippen LogP contribution in [0.25, 0.3) is 21.3 Å². The standard InChI is InChI=1S/C16H15N3OS2/c1-2-10-3-5-11(6-4-10)12-8-22-15-14(12)16(20)19(9-18-15)7-13(17)21/h3-6,8-9H,2,7H2,1H3,(H2,17,21). The Morgan fingerprint density at radius 2 is 2.09 bits per heavy atom. The van der Waals surface area contributed by atoms with Gasteiger partial charge >= 0.3 is 0 Å². The van der Waals surface area contributed by atoms with Crippen LogP contribution in [0.2, 0.25) is 0 Å². The Hall–Kier alpha value is -2.05. The Labute approximate surface area is 137 Å². The number of hydrogen-bond acceptors (Lipinski definition) is 4. The molecule has 2 N–H and O–H groups in total. The smallest absolute Gasteiger partial charge is 0.263 e. The number of thiophene rings is 1. The highest BCUT2D eigenvalue weighted by Gasteiger charge is 2.13. The monoisotopic (exact) mass is 329 g/mol. The summed E-state index contributed by atoms with van der Waals surface area (Å²) in [6.45, 7) is 2.33. The summed E-state index contributed by atoms with van der Waals surface area (Å²) in [6, 6.07) is 8.26. The lowest BCUT2D eigenvalue weighted by atomic mass is 10.0. The third-order valence-corrected chi connectivity index (χ3v) is 4.58. The van der Waals surface area contributed by atoms with Crippen LogP contribution in [0.1, 0.15) is 12.5 Å². The van der Waals surface area contributed by atoms with Crippen LogP contribution >= 0.6 is 23.6 Å². The number of rotatable bonds is 4. The molecule has 0 aliphatic heterocycles. The lowest BCUT2D eigenvalue weighted by Gasteiger charge is -2.05. The summed E-state index contributed by atoms with van der Waals surface area (Å²) < 4.78 is 1.46. The number of fused-ring (bicyclic) bond motifs is 1. The normalized spacial score (nSPS) is 11.0. The number of aryl methyl sites for hydroxylation is 1. The van der Waals surface area contributed by atoms with Gasteiger partial charge in [0, 0.05) is 10.9 Å². The van der Waals surface area contributed by atoms with Gasteiger partial charge in [0.25, 0.3) is 5.56 Å². The summed E-state index contributed by atoms with van der Waals surface area (Å²) in [5.74, 6) is 0. The molecule has 22 heavy (non-hydrogen) atoms. The van der Waals surface area contributed by atoms with Gasteiger partial charge in [0.05, 0.1) is 23.2 Å². The summed E-state index contributed by atoms with van der Waals surface area (Å²) >= 11 is 6.36. The van der Waals surface area contributed by atoms with Gasteiger partial charge in [-0.1, -0.05) is 43.4 Å². The van der Waals surface area contributed by atoms with E-state index in [1.807, 2.05) is 17.5 Å². The summed E-state index contributed by atoms with van der Waals surface area (Å²) in [6.07, 6.45) is 2.50. The average Bonchev–Trinajstić information content (AvgIpc) is 2.94. The number of hydrogen-bond donors (Lipinski definition) is 1. The first-order chi connectivity index (χ1) is 10.6. The molecule has 0 saturated carbocycles. The highest BCUT2D eigenvalue weighted by molar-refractivity contribution is 7.80. The van der Waals surface area contributed by atoms with Crippen molar-refractivity contribution in [2.75, 3.05) is 0 Å². The van der Waals surface area contributed by atoms with Crippen molar-refractivity contribution in [3.63, 3.8) is 0 Å². The van der Waals surface area contributed by atoms with Gasteiger partial charge in [-0.2, -0.15) is 0 Å². The third-order valence-electron chi connectivity index (χ3n) is 3.56. The van der Waals surface area contributed by atoms with Crippen LogP contribution in [-0.4, -0.2) is 14.5 Å². The average molecular weight is 329 g/mol.